The van der Waals surface area contributed by atoms with Crippen LogP contribution in [0.3, 0.4) is 0 Å². The van der Waals surface area contributed by atoms with Gasteiger partial charge in [-0.05, 0) is 61.4 Å². The van der Waals surface area contributed by atoms with Crippen molar-refractivity contribution in [2.45, 2.75) is 38.8 Å². The number of amides is 1. The van der Waals surface area contributed by atoms with E-state index < -0.39 is 10.0 Å². The number of nitrogens with zero attached hydrogens (tertiary/aromatic N) is 2. The van der Waals surface area contributed by atoms with Crippen LogP contribution >= 0.6 is 0 Å². The smallest absolute Gasteiger partial charge is 0.243 e. The summed E-state index contributed by atoms with van der Waals surface area (Å²) in [6.07, 6.45) is 0. The highest BCUT2D eigenvalue weighted by atomic mass is 32.2. The third-order valence-corrected chi connectivity index (χ3v) is 7.60. The van der Waals surface area contributed by atoms with E-state index in [0.717, 1.165) is 27.9 Å². The minimum atomic E-state index is -3.66. The van der Waals surface area contributed by atoms with Crippen LogP contribution in [0.5, 0.6) is 5.75 Å². The van der Waals surface area contributed by atoms with E-state index in [9.17, 15) is 13.2 Å². The summed E-state index contributed by atoms with van der Waals surface area (Å²) in [4.78, 5) is 14.3. The Bertz CT molecular complexity index is 1270. The first kappa shape index (κ1) is 23.0. The third-order valence-electron chi connectivity index (χ3n) is 5.76. The van der Waals surface area contributed by atoms with Gasteiger partial charge >= 0.3 is 0 Å². The van der Waals surface area contributed by atoms with E-state index in [1.54, 1.807) is 30.0 Å². The fourth-order valence-electron chi connectivity index (χ4n) is 3.94. The Kier molecular flexibility index (Phi) is 6.54. The maximum atomic E-state index is 13.3. The number of fused-ring (bicyclic) bond motifs is 1. The molecule has 0 atom stereocenters. The van der Waals surface area contributed by atoms with Crippen LogP contribution in [0.25, 0.3) is 0 Å². The fraction of sp³-hybridized carbons (Fsp3) is 0.269. The van der Waals surface area contributed by atoms with Gasteiger partial charge in [0.15, 0.2) is 0 Å². The highest BCUT2D eigenvalue weighted by Crippen LogP contribution is 2.29. The summed E-state index contributed by atoms with van der Waals surface area (Å²) in [5, 5.41) is 0. The van der Waals surface area contributed by atoms with Gasteiger partial charge in [-0.15, -0.1) is 0 Å². The number of benzene rings is 3. The first-order valence-electron chi connectivity index (χ1n) is 10.9. The van der Waals surface area contributed by atoms with Crippen LogP contribution in [-0.2, 0) is 27.9 Å². The van der Waals surface area contributed by atoms with Crippen LogP contribution in [0.15, 0.2) is 71.6 Å². The molecule has 0 spiro atoms. The number of rotatable bonds is 5. The molecule has 3 aromatic rings. The second-order valence-electron chi connectivity index (χ2n) is 8.39. The van der Waals surface area contributed by atoms with E-state index in [2.05, 4.69) is 0 Å². The molecule has 172 valence electrons. The highest BCUT2D eigenvalue weighted by Gasteiger charge is 2.28. The molecule has 0 unspecified atom stereocenters. The zero-order chi connectivity index (χ0) is 23.6. The molecule has 1 aliphatic heterocycles. The molecule has 7 heteroatoms. The Hall–Kier alpha value is -3.16. The van der Waals surface area contributed by atoms with E-state index >= 15 is 0 Å². The van der Waals surface area contributed by atoms with Gasteiger partial charge in [0.1, 0.15) is 12.4 Å². The summed E-state index contributed by atoms with van der Waals surface area (Å²) in [6.45, 7) is 6.57. The Morgan fingerprint density at radius 3 is 2.45 bits per heavy atom. The van der Waals surface area contributed by atoms with Crippen molar-refractivity contribution in [1.29, 1.82) is 0 Å². The molecule has 0 fully saturated rings. The lowest BCUT2D eigenvalue weighted by Crippen LogP contribution is -2.32. The van der Waals surface area contributed by atoms with Crippen molar-refractivity contribution >= 4 is 21.6 Å². The van der Waals surface area contributed by atoms with Gasteiger partial charge in [-0.1, -0.05) is 35.9 Å². The van der Waals surface area contributed by atoms with E-state index in [0.29, 0.717) is 12.3 Å². The molecule has 1 aliphatic rings. The van der Waals surface area contributed by atoms with E-state index in [-0.39, 0.29) is 30.5 Å². The molecule has 0 N–H and O–H groups in total. The molecule has 6 nitrogen and oxygen atoms in total. The Morgan fingerprint density at radius 1 is 1.00 bits per heavy atom. The summed E-state index contributed by atoms with van der Waals surface area (Å²) in [5.41, 5.74) is 4.53. The van der Waals surface area contributed by atoms with E-state index in [1.807, 2.05) is 62.4 Å². The first-order valence-corrected chi connectivity index (χ1v) is 12.3. The van der Waals surface area contributed by atoms with E-state index in [1.165, 1.54) is 4.31 Å². The van der Waals surface area contributed by atoms with Crippen LogP contribution in [0.1, 0.15) is 29.2 Å². The van der Waals surface area contributed by atoms with Crippen LogP contribution in [-0.4, -0.2) is 31.8 Å². The monoisotopic (exact) mass is 464 g/mol. The summed E-state index contributed by atoms with van der Waals surface area (Å²) >= 11 is 0. The predicted octanol–water partition coefficient (Wildman–Crippen LogP) is 4.44. The molecule has 0 aromatic heterocycles. The first-order chi connectivity index (χ1) is 15.7. The van der Waals surface area contributed by atoms with Crippen LogP contribution in [0, 0.1) is 13.8 Å². The lowest BCUT2D eigenvalue weighted by Gasteiger charge is -2.23. The minimum Gasteiger partial charge on any atom is -0.492 e. The largest absolute Gasteiger partial charge is 0.492 e. The molecule has 0 bridgehead atoms. The van der Waals surface area contributed by atoms with Crippen molar-refractivity contribution < 1.29 is 17.9 Å². The number of sulfonamides is 1. The maximum Gasteiger partial charge on any atom is 0.243 e. The van der Waals surface area contributed by atoms with E-state index in [4.69, 9.17) is 4.74 Å². The Balaban J connectivity index is 1.61. The maximum absolute atomic E-state index is 13.3. The fourth-order valence-corrected chi connectivity index (χ4v) is 5.45. The van der Waals surface area contributed by atoms with Crippen LogP contribution in [0.2, 0.25) is 0 Å². The van der Waals surface area contributed by atoms with Gasteiger partial charge in [-0.3, -0.25) is 4.79 Å². The number of hydrogen-bond acceptors (Lipinski definition) is 4. The standard InChI is InChI=1S/C26H28N2O4S/c1-19-7-10-24(11-8-19)28(21(3)29)17-22-9-12-26-23(16-22)18-27(13-14-32-26)33(30,31)25-6-4-5-20(2)15-25/h4-12,15-16H,13-14,17-18H2,1-3H3. The number of hydrogen-bond donors (Lipinski definition) is 0. The second kappa shape index (κ2) is 9.37. The lowest BCUT2D eigenvalue weighted by molar-refractivity contribution is -0.116. The van der Waals surface area contributed by atoms with Crippen molar-refractivity contribution in [1.82, 2.24) is 4.31 Å². The molecule has 4 rings (SSSR count). The molecule has 33 heavy (non-hydrogen) atoms. The van der Waals surface area contributed by atoms with Crippen molar-refractivity contribution in [2.24, 2.45) is 0 Å². The Labute approximate surface area is 195 Å². The van der Waals surface area contributed by atoms with Crippen molar-refractivity contribution in [3.8, 4) is 5.75 Å². The van der Waals surface area contributed by atoms with Gasteiger partial charge in [0.25, 0.3) is 0 Å². The van der Waals surface area contributed by atoms with Crippen LogP contribution < -0.4 is 9.64 Å². The third kappa shape index (κ3) is 5.10. The molecular formula is C26H28N2O4S. The molecule has 3 aromatic carbocycles. The average Bonchev–Trinajstić information content (AvgIpc) is 3.00. The zero-order valence-electron chi connectivity index (χ0n) is 19.1. The van der Waals surface area contributed by atoms with Gasteiger partial charge < -0.3 is 9.64 Å². The number of carbonyl (C=O) groups is 1. The van der Waals surface area contributed by atoms with Gasteiger partial charge in [-0.25, -0.2) is 8.42 Å². The van der Waals surface area contributed by atoms with Gasteiger partial charge in [-0.2, -0.15) is 4.31 Å². The number of aryl methyl sites for hydroxylation is 2. The summed E-state index contributed by atoms with van der Waals surface area (Å²) < 4.78 is 33.9. The number of ether oxygens (including phenoxy) is 1. The molecule has 0 radical (unpaired) electrons. The van der Waals surface area contributed by atoms with Crippen molar-refractivity contribution in [2.75, 3.05) is 18.1 Å². The number of carbonyl (C=O) groups excluding carboxylic acids is 1. The topological polar surface area (TPSA) is 66.9 Å². The van der Waals surface area contributed by atoms with Crippen molar-refractivity contribution in [3.63, 3.8) is 0 Å². The normalized spacial score (nSPS) is 14.2. The molecule has 1 heterocycles. The lowest BCUT2D eigenvalue weighted by atomic mass is 10.1. The SMILES string of the molecule is CC(=O)N(Cc1ccc2c(c1)CN(S(=O)(=O)c1cccc(C)c1)CCO2)c1ccc(C)cc1. The van der Waals surface area contributed by atoms with Gasteiger partial charge in [0.05, 0.1) is 11.4 Å². The minimum absolute atomic E-state index is 0.0614. The summed E-state index contributed by atoms with van der Waals surface area (Å²) in [6, 6.07) is 20.5. The van der Waals surface area contributed by atoms with Crippen molar-refractivity contribution in [3.05, 3.63) is 89.0 Å². The average molecular weight is 465 g/mol. The molecule has 1 amide bonds. The molecule has 0 aliphatic carbocycles. The second-order valence-corrected chi connectivity index (χ2v) is 10.3. The highest BCUT2D eigenvalue weighted by molar-refractivity contribution is 7.89. The molecular weight excluding hydrogens is 436 g/mol. The Morgan fingerprint density at radius 2 is 1.76 bits per heavy atom. The van der Waals surface area contributed by atoms with Crippen LogP contribution in [0.4, 0.5) is 5.69 Å². The quantitative estimate of drug-likeness (QED) is 0.560. The predicted molar refractivity (Wildman–Crippen MR) is 129 cm³/mol. The summed E-state index contributed by atoms with van der Waals surface area (Å²) in [5.74, 6) is 0.610. The molecule has 0 saturated carbocycles. The van der Waals surface area contributed by atoms with Gasteiger partial charge in [0, 0.05) is 31.3 Å². The summed E-state index contributed by atoms with van der Waals surface area (Å²) in [7, 11) is -3.66. The van der Waals surface area contributed by atoms with Gasteiger partial charge in [0.2, 0.25) is 15.9 Å². The zero-order valence-corrected chi connectivity index (χ0v) is 19.9. The molecule has 0 saturated heterocycles. The number of anilines is 1.